The molecular weight excluding hydrogens is 238 g/mol. The van der Waals surface area contributed by atoms with Crippen LogP contribution in [0.4, 0.5) is 11.8 Å². The summed E-state index contributed by atoms with van der Waals surface area (Å²) >= 11 is 5.94. The molecule has 0 unspecified atom stereocenters. The predicted octanol–water partition coefficient (Wildman–Crippen LogP) is 2.03. The highest BCUT2D eigenvalue weighted by atomic mass is 35.5. The van der Waals surface area contributed by atoms with Crippen molar-refractivity contribution in [2.75, 3.05) is 11.1 Å². The van der Waals surface area contributed by atoms with Gasteiger partial charge in [-0.3, -0.25) is 4.98 Å². The van der Waals surface area contributed by atoms with E-state index >= 15 is 0 Å². The van der Waals surface area contributed by atoms with Crippen LogP contribution in [0.3, 0.4) is 0 Å². The zero-order valence-electron chi connectivity index (χ0n) is 9.31. The van der Waals surface area contributed by atoms with Gasteiger partial charge in [0.05, 0.1) is 18.4 Å². The van der Waals surface area contributed by atoms with Crippen molar-refractivity contribution in [3.63, 3.8) is 0 Å². The van der Waals surface area contributed by atoms with Gasteiger partial charge in [0.25, 0.3) is 0 Å². The highest BCUT2D eigenvalue weighted by Gasteiger charge is 2.04. The summed E-state index contributed by atoms with van der Waals surface area (Å²) in [5.74, 6) is 0.707. The second-order valence-corrected chi connectivity index (χ2v) is 3.95. The quantitative estimate of drug-likeness (QED) is 0.870. The molecule has 17 heavy (non-hydrogen) atoms. The lowest BCUT2D eigenvalue weighted by Crippen LogP contribution is -2.07. The molecule has 5 nitrogen and oxygen atoms in total. The van der Waals surface area contributed by atoms with Crippen molar-refractivity contribution in [1.29, 1.82) is 0 Å². The average Bonchev–Trinajstić information content (AvgIpc) is 2.32. The zero-order valence-corrected chi connectivity index (χ0v) is 10.1. The van der Waals surface area contributed by atoms with Gasteiger partial charge in [-0.15, -0.1) is 0 Å². The highest BCUT2D eigenvalue weighted by Crippen LogP contribution is 2.19. The molecule has 88 valence electrons. The second-order valence-electron chi connectivity index (χ2n) is 3.55. The molecule has 0 saturated carbocycles. The number of hydrogen-bond acceptors (Lipinski definition) is 5. The third-order valence-electron chi connectivity index (χ3n) is 2.30. The van der Waals surface area contributed by atoms with E-state index in [0.29, 0.717) is 17.4 Å². The Morgan fingerprint density at radius 3 is 3.00 bits per heavy atom. The Kier molecular flexibility index (Phi) is 3.39. The zero-order chi connectivity index (χ0) is 12.3. The average molecular weight is 250 g/mol. The van der Waals surface area contributed by atoms with Gasteiger partial charge in [-0.05, 0) is 18.6 Å². The molecule has 0 amide bonds. The van der Waals surface area contributed by atoms with E-state index < -0.39 is 0 Å². The Morgan fingerprint density at radius 1 is 1.41 bits per heavy atom. The lowest BCUT2D eigenvalue weighted by atomic mass is 10.2. The number of nitrogen functional groups attached to an aromatic ring is 1. The van der Waals surface area contributed by atoms with Gasteiger partial charge < -0.3 is 11.1 Å². The number of halogens is 1. The van der Waals surface area contributed by atoms with Crippen LogP contribution in [-0.2, 0) is 6.54 Å². The Labute approximate surface area is 104 Å². The van der Waals surface area contributed by atoms with Crippen molar-refractivity contribution in [3.8, 4) is 0 Å². The van der Waals surface area contributed by atoms with Crippen molar-refractivity contribution in [2.24, 2.45) is 0 Å². The van der Waals surface area contributed by atoms with Gasteiger partial charge in [-0.2, -0.15) is 4.98 Å². The summed E-state index contributed by atoms with van der Waals surface area (Å²) < 4.78 is 0. The van der Waals surface area contributed by atoms with E-state index in [1.807, 2.05) is 19.1 Å². The summed E-state index contributed by atoms with van der Waals surface area (Å²) in [7, 11) is 0. The molecule has 0 bridgehead atoms. The maximum absolute atomic E-state index is 5.94. The summed E-state index contributed by atoms with van der Waals surface area (Å²) in [6.45, 7) is 2.54. The lowest BCUT2D eigenvalue weighted by molar-refractivity contribution is 1.00. The Hall–Kier alpha value is -1.88. The van der Waals surface area contributed by atoms with Crippen molar-refractivity contribution < 1.29 is 0 Å². The molecule has 0 aliphatic carbocycles. The maximum atomic E-state index is 5.94. The first-order chi connectivity index (χ1) is 8.16. The van der Waals surface area contributed by atoms with Crippen LogP contribution in [0.2, 0.25) is 5.02 Å². The highest BCUT2D eigenvalue weighted by molar-refractivity contribution is 6.32. The summed E-state index contributed by atoms with van der Waals surface area (Å²) in [6.07, 6.45) is 3.22. The maximum Gasteiger partial charge on any atom is 0.222 e. The molecule has 0 aliphatic heterocycles. The Bertz CT molecular complexity index is 529. The number of hydrogen-bond donors (Lipinski definition) is 2. The van der Waals surface area contributed by atoms with Crippen molar-refractivity contribution in [1.82, 2.24) is 15.0 Å². The number of nitrogens with two attached hydrogens (primary N) is 1. The van der Waals surface area contributed by atoms with Crippen LogP contribution in [0.5, 0.6) is 0 Å². The van der Waals surface area contributed by atoms with E-state index in [2.05, 4.69) is 20.3 Å². The molecule has 0 fully saturated rings. The molecule has 2 aromatic rings. The number of rotatable bonds is 3. The van der Waals surface area contributed by atoms with Crippen molar-refractivity contribution in [2.45, 2.75) is 13.5 Å². The first-order valence-corrected chi connectivity index (χ1v) is 5.47. The molecule has 0 spiro atoms. The van der Waals surface area contributed by atoms with Gasteiger partial charge in [0, 0.05) is 6.20 Å². The van der Waals surface area contributed by atoms with Gasteiger partial charge in [0.15, 0.2) is 5.82 Å². The largest absolute Gasteiger partial charge is 0.368 e. The summed E-state index contributed by atoms with van der Waals surface area (Å²) in [4.78, 5) is 12.1. The molecule has 0 radical (unpaired) electrons. The van der Waals surface area contributed by atoms with E-state index in [0.717, 1.165) is 11.3 Å². The number of nitrogens with one attached hydrogen (secondary N) is 1. The molecule has 3 N–H and O–H groups in total. The van der Waals surface area contributed by atoms with E-state index in [9.17, 15) is 0 Å². The minimum Gasteiger partial charge on any atom is -0.368 e. The molecule has 0 saturated heterocycles. The summed E-state index contributed by atoms with van der Waals surface area (Å²) in [6, 6.07) is 3.90. The smallest absolute Gasteiger partial charge is 0.222 e. The number of pyridine rings is 1. The fourth-order valence-electron chi connectivity index (χ4n) is 1.38. The molecular formula is C11H12ClN5. The monoisotopic (exact) mass is 249 g/mol. The SMILES string of the molecule is Cc1cccnc1CNc1nc(N)ncc1Cl. The van der Waals surface area contributed by atoms with Gasteiger partial charge >= 0.3 is 0 Å². The lowest BCUT2D eigenvalue weighted by Gasteiger charge is -2.08. The topological polar surface area (TPSA) is 76.7 Å². The molecule has 0 atom stereocenters. The number of anilines is 2. The van der Waals surface area contributed by atoms with Crippen molar-refractivity contribution in [3.05, 3.63) is 40.8 Å². The number of aromatic nitrogens is 3. The number of aryl methyl sites for hydroxylation is 1. The fourth-order valence-corrected chi connectivity index (χ4v) is 1.53. The minimum atomic E-state index is 0.189. The molecule has 6 heteroatoms. The number of nitrogens with zero attached hydrogens (tertiary/aromatic N) is 3. The third kappa shape index (κ3) is 2.82. The Morgan fingerprint density at radius 2 is 2.24 bits per heavy atom. The van der Waals surface area contributed by atoms with Crippen LogP contribution in [0.25, 0.3) is 0 Å². The molecule has 0 aromatic carbocycles. The van der Waals surface area contributed by atoms with E-state index in [1.165, 1.54) is 6.20 Å². The minimum absolute atomic E-state index is 0.189. The van der Waals surface area contributed by atoms with Crippen LogP contribution >= 0.6 is 11.6 Å². The van der Waals surface area contributed by atoms with Crippen LogP contribution in [0.1, 0.15) is 11.3 Å². The molecule has 2 rings (SSSR count). The van der Waals surface area contributed by atoms with Crippen molar-refractivity contribution >= 4 is 23.4 Å². The normalized spacial score (nSPS) is 10.2. The second kappa shape index (κ2) is 4.97. The first-order valence-electron chi connectivity index (χ1n) is 5.09. The standard InChI is InChI=1S/C11H12ClN5/c1-7-3-2-4-14-9(7)6-15-10-8(12)5-16-11(13)17-10/h2-5H,6H2,1H3,(H3,13,15,16,17). The van der Waals surface area contributed by atoms with Crippen LogP contribution in [0.15, 0.2) is 24.5 Å². The van der Waals surface area contributed by atoms with Gasteiger partial charge in [-0.25, -0.2) is 4.98 Å². The predicted molar refractivity (Wildman–Crippen MR) is 67.8 cm³/mol. The third-order valence-corrected chi connectivity index (χ3v) is 2.58. The molecule has 0 aliphatic rings. The van der Waals surface area contributed by atoms with Gasteiger partial charge in [0.1, 0.15) is 5.02 Å². The van der Waals surface area contributed by atoms with Crippen LogP contribution in [0, 0.1) is 6.92 Å². The van der Waals surface area contributed by atoms with Crippen LogP contribution < -0.4 is 11.1 Å². The Balaban J connectivity index is 2.12. The first kappa shape index (κ1) is 11.6. The van der Waals surface area contributed by atoms with Crippen LogP contribution in [-0.4, -0.2) is 15.0 Å². The fraction of sp³-hybridized carbons (Fsp3) is 0.182. The van der Waals surface area contributed by atoms with E-state index in [4.69, 9.17) is 17.3 Å². The van der Waals surface area contributed by atoms with E-state index in [-0.39, 0.29) is 5.95 Å². The van der Waals surface area contributed by atoms with Gasteiger partial charge in [0.2, 0.25) is 5.95 Å². The van der Waals surface area contributed by atoms with Gasteiger partial charge in [-0.1, -0.05) is 17.7 Å². The molecule has 2 heterocycles. The summed E-state index contributed by atoms with van der Waals surface area (Å²) in [5.41, 5.74) is 7.54. The summed E-state index contributed by atoms with van der Waals surface area (Å²) in [5, 5.41) is 3.52. The van der Waals surface area contributed by atoms with E-state index in [1.54, 1.807) is 6.20 Å². The molecule has 2 aromatic heterocycles.